The highest BCUT2D eigenvalue weighted by Crippen LogP contribution is 2.40. The summed E-state index contributed by atoms with van der Waals surface area (Å²) in [6.07, 6.45) is 1.10. The molecule has 1 aromatic carbocycles. The molecule has 0 spiro atoms. The smallest absolute Gasteiger partial charge is 0.276 e. The summed E-state index contributed by atoms with van der Waals surface area (Å²) in [5.74, 6) is -3.24. The first kappa shape index (κ1) is 14.4. The van der Waals surface area contributed by atoms with Crippen LogP contribution in [0.15, 0.2) is 24.3 Å². The highest BCUT2D eigenvalue weighted by molar-refractivity contribution is 5.30. The Kier molecular flexibility index (Phi) is 3.95. The van der Waals surface area contributed by atoms with Crippen molar-refractivity contribution in [1.29, 1.82) is 0 Å². The minimum atomic E-state index is -2.71. The first-order chi connectivity index (χ1) is 8.82. The Morgan fingerprint density at radius 1 is 0.947 bits per heavy atom. The standard InChI is InChI=1S/C16H23F2N/c1-15(2,3)12-4-6-13(7-5-12)16(17,18)14-8-10-19-11-9-14/h4-7,14,19H,8-11H2,1-3H3. The van der Waals surface area contributed by atoms with Crippen molar-refractivity contribution in [3.8, 4) is 0 Å². The van der Waals surface area contributed by atoms with Crippen LogP contribution >= 0.6 is 0 Å². The maximum atomic E-state index is 14.4. The molecule has 2 rings (SSSR count). The van der Waals surface area contributed by atoms with Gasteiger partial charge in [0, 0.05) is 11.5 Å². The molecular weight excluding hydrogens is 244 g/mol. The zero-order chi connectivity index (χ0) is 14.1. The topological polar surface area (TPSA) is 12.0 Å². The lowest BCUT2D eigenvalue weighted by atomic mass is 9.83. The van der Waals surface area contributed by atoms with E-state index in [-0.39, 0.29) is 11.0 Å². The van der Waals surface area contributed by atoms with Crippen LogP contribution in [0.1, 0.15) is 44.7 Å². The molecule has 0 radical (unpaired) electrons. The Morgan fingerprint density at radius 3 is 1.89 bits per heavy atom. The Labute approximate surface area is 114 Å². The van der Waals surface area contributed by atoms with Crippen molar-refractivity contribution >= 4 is 0 Å². The van der Waals surface area contributed by atoms with Crippen LogP contribution in [0.3, 0.4) is 0 Å². The maximum Gasteiger partial charge on any atom is 0.276 e. The van der Waals surface area contributed by atoms with Gasteiger partial charge < -0.3 is 5.32 Å². The molecular formula is C16H23F2N. The lowest BCUT2D eigenvalue weighted by Gasteiger charge is -2.31. The molecule has 1 aliphatic heterocycles. The van der Waals surface area contributed by atoms with Gasteiger partial charge in [-0.3, -0.25) is 0 Å². The highest BCUT2D eigenvalue weighted by Gasteiger charge is 2.41. The largest absolute Gasteiger partial charge is 0.317 e. The fourth-order valence-electron chi connectivity index (χ4n) is 2.61. The Hall–Kier alpha value is -0.960. The summed E-state index contributed by atoms with van der Waals surface area (Å²) in [6.45, 7) is 7.66. The molecule has 0 aromatic heterocycles. The lowest BCUT2D eigenvalue weighted by Crippen LogP contribution is -2.36. The van der Waals surface area contributed by atoms with Gasteiger partial charge in [0.05, 0.1) is 0 Å². The number of piperidine rings is 1. The molecule has 3 heteroatoms. The SMILES string of the molecule is CC(C)(C)c1ccc(C(F)(F)C2CCNCC2)cc1. The third-order valence-electron chi connectivity index (χ3n) is 3.99. The van der Waals surface area contributed by atoms with Gasteiger partial charge in [-0.25, -0.2) is 8.78 Å². The fourth-order valence-corrected chi connectivity index (χ4v) is 2.61. The van der Waals surface area contributed by atoms with Crippen molar-refractivity contribution in [1.82, 2.24) is 5.32 Å². The van der Waals surface area contributed by atoms with Crippen molar-refractivity contribution < 1.29 is 8.78 Å². The van der Waals surface area contributed by atoms with Gasteiger partial charge in [-0.15, -0.1) is 0 Å². The average Bonchev–Trinajstić information content (AvgIpc) is 2.39. The molecule has 1 nitrogen and oxygen atoms in total. The van der Waals surface area contributed by atoms with E-state index in [0.29, 0.717) is 25.9 Å². The van der Waals surface area contributed by atoms with Gasteiger partial charge in [0.25, 0.3) is 5.92 Å². The summed E-state index contributed by atoms with van der Waals surface area (Å²) < 4.78 is 28.9. The minimum Gasteiger partial charge on any atom is -0.317 e. The Balaban J connectivity index is 2.20. The van der Waals surface area contributed by atoms with E-state index in [9.17, 15) is 8.78 Å². The number of hydrogen-bond donors (Lipinski definition) is 1. The normalized spacial score (nSPS) is 18.6. The molecule has 1 saturated heterocycles. The predicted molar refractivity (Wildman–Crippen MR) is 74.6 cm³/mol. The first-order valence-corrected chi connectivity index (χ1v) is 7.01. The van der Waals surface area contributed by atoms with Gasteiger partial charge >= 0.3 is 0 Å². The van der Waals surface area contributed by atoms with E-state index in [1.165, 1.54) is 0 Å². The van der Waals surface area contributed by atoms with E-state index in [4.69, 9.17) is 0 Å². The van der Waals surface area contributed by atoms with Crippen molar-refractivity contribution in [3.05, 3.63) is 35.4 Å². The van der Waals surface area contributed by atoms with Crippen LogP contribution in [-0.2, 0) is 11.3 Å². The molecule has 0 amide bonds. The number of halogens is 2. The van der Waals surface area contributed by atoms with E-state index in [1.807, 2.05) is 12.1 Å². The zero-order valence-electron chi connectivity index (χ0n) is 12.0. The third-order valence-corrected chi connectivity index (χ3v) is 3.99. The molecule has 0 bridgehead atoms. The molecule has 1 N–H and O–H groups in total. The summed E-state index contributed by atoms with van der Waals surface area (Å²) >= 11 is 0. The molecule has 0 saturated carbocycles. The van der Waals surface area contributed by atoms with E-state index in [0.717, 1.165) is 5.56 Å². The van der Waals surface area contributed by atoms with Gasteiger partial charge in [-0.05, 0) is 36.9 Å². The Morgan fingerprint density at radius 2 is 1.42 bits per heavy atom. The van der Waals surface area contributed by atoms with E-state index in [2.05, 4.69) is 26.1 Å². The number of hydrogen-bond acceptors (Lipinski definition) is 1. The molecule has 19 heavy (non-hydrogen) atoms. The summed E-state index contributed by atoms with van der Waals surface area (Å²) in [5, 5.41) is 3.13. The van der Waals surface area contributed by atoms with Crippen LogP contribution in [0.2, 0.25) is 0 Å². The van der Waals surface area contributed by atoms with Gasteiger partial charge in [-0.1, -0.05) is 45.0 Å². The summed E-state index contributed by atoms with van der Waals surface area (Å²) in [5.41, 5.74) is 1.26. The molecule has 0 unspecified atom stereocenters. The van der Waals surface area contributed by atoms with E-state index < -0.39 is 11.8 Å². The highest BCUT2D eigenvalue weighted by atomic mass is 19.3. The molecule has 106 valence electrons. The van der Waals surface area contributed by atoms with Crippen molar-refractivity contribution in [3.63, 3.8) is 0 Å². The van der Waals surface area contributed by atoms with Crippen LogP contribution in [-0.4, -0.2) is 13.1 Å². The third kappa shape index (κ3) is 3.14. The molecule has 0 atom stereocenters. The van der Waals surface area contributed by atoms with Crippen molar-refractivity contribution in [2.24, 2.45) is 5.92 Å². The van der Waals surface area contributed by atoms with Gasteiger partial charge in [0.2, 0.25) is 0 Å². The molecule has 1 heterocycles. The van der Waals surface area contributed by atoms with Gasteiger partial charge in [0.1, 0.15) is 0 Å². The fraction of sp³-hybridized carbons (Fsp3) is 0.625. The van der Waals surface area contributed by atoms with Crippen LogP contribution in [0, 0.1) is 5.92 Å². The van der Waals surface area contributed by atoms with Crippen molar-refractivity contribution in [2.75, 3.05) is 13.1 Å². The summed E-state index contributed by atoms with van der Waals surface area (Å²) in [6, 6.07) is 6.87. The Bertz CT molecular complexity index is 411. The molecule has 0 aliphatic carbocycles. The average molecular weight is 267 g/mol. The van der Waals surface area contributed by atoms with E-state index in [1.54, 1.807) is 12.1 Å². The number of rotatable bonds is 2. The van der Waals surface area contributed by atoms with Crippen molar-refractivity contribution in [2.45, 2.75) is 45.0 Å². The summed E-state index contributed by atoms with van der Waals surface area (Å²) in [4.78, 5) is 0. The number of alkyl halides is 2. The number of nitrogens with one attached hydrogen (secondary N) is 1. The van der Waals surface area contributed by atoms with Gasteiger partial charge in [-0.2, -0.15) is 0 Å². The number of benzene rings is 1. The predicted octanol–water partition coefficient (Wildman–Crippen LogP) is 4.08. The quantitative estimate of drug-likeness (QED) is 0.851. The molecule has 1 aliphatic rings. The lowest BCUT2D eigenvalue weighted by molar-refractivity contribution is -0.0753. The van der Waals surface area contributed by atoms with Crippen LogP contribution in [0.25, 0.3) is 0 Å². The maximum absolute atomic E-state index is 14.4. The second-order valence-electron chi connectivity index (χ2n) is 6.47. The van der Waals surface area contributed by atoms with Crippen LogP contribution < -0.4 is 5.32 Å². The van der Waals surface area contributed by atoms with Crippen LogP contribution in [0.5, 0.6) is 0 Å². The zero-order valence-corrected chi connectivity index (χ0v) is 12.0. The monoisotopic (exact) mass is 267 g/mol. The van der Waals surface area contributed by atoms with Crippen LogP contribution in [0.4, 0.5) is 8.78 Å². The van der Waals surface area contributed by atoms with E-state index >= 15 is 0 Å². The second kappa shape index (κ2) is 5.20. The molecule has 1 fully saturated rings. The molecule has 1 aromatic rings. The first-order valence-electron chi connectivity index (χ1n) is 7.01. The van der Waals surface area contributed by atoms with Gasteiger partial charge in [0.15, 0.2) is 0 Å². The summed E-state index contributed by atoms with van der Waals surface area (Å²) in [7, 11) is 0. The second-order valence-corrected chi connectivity index (χ2v) is 6.47. The minimum absolute atomic E-state index is 0.00255.